The van der Waals surface area contributed by atoms with Gasteiger partial charge < -0.3 is 5.32 Å². The molecule has 0 radical (unpaired) electrons. The largest absolute Gasteiger partial charge is 0.390 e. The number of alkyl halides is 3. The van der Waals surface area contributed by atoms with Crippen LogP contribution in [0.2, 0.25) is 0 Å². The number of hydrogen-bond donors (Lipinski definition) is 1. The molecule has 0 spiro atoms. The summed E-state index contributed by atoms with van der Waals surface area (Å²) >= 11 is 0. The molecule has 21 heavy (non-hydrogen) atoms. The molecule has 0 aliphatic heterocycles. The number of carbonyl (C=O) groups is 1. The fourth-order valence-electron chi connectivity index (χ4n) is 1.69. The lowest BCUT2D eigenvalue weighted by atomic mass is 10.1. The highest BCUT2D eigenvalue weighted by atomic mass is 19.4. The Morgan fingerprint density at radius 2 is 1.95 bits per heavy atom. The van der Waals surface area contributed by atoms with Gasteiger partial charge in [-0.25, -0.2) is 4.68 Å². The predicted octanol–water partition coefficient (Wildman–Crippen LogP) is 2.66. The second kappa shape index (κ2) is 5.94. The third-order valence-electron chi connectivity index (χ3n) is 2.76. The van der Waals surface area contributed by atoms with Crippen LogP contribution in [-0.4, -0.2) is 33.8 Å². The standard InChI is InChI=1S/C13H13F3N4O/c1-20-12(17-7-6-13(14,15)16)18-11(19-20)10-4-2-9(8-21)3-5-10/h2-5,8H,6-7H2,1H3,(H,17,18,19). The third kappa shape index (κ3) is 4.04. The summed E-state index contributed by atoms with van der Waals surface area (Å²) in [4.78, 5) is 14.7. The highest BCUT2D eigenvalue weighted by Crippen LogP contribution is 2.20. The van der Waals surface area contributed by atoms with Crippen molar-refractivity contribution in [2.24, 2.45) is 7.05 Å². The van der Waals surface area contributed by atoms with Crippen molar-refractivity contribution in [3.05, 3.63) is 29.8 Å². The molecular weight excluding hydrogens is 285 g/mol. The number of anilines is 1. The zero-order chi connectivity index (χ0) is 15.5. The molecule has 5 nitrogen and oxygen atoms in total. The first kappa shape index (κ1) is 15.0. The lowest BCUT2D eigenvalue weighted by Gasteiger charge is -2.07. The van der Waals surface area contributed by atoms with E-state index in [2.05, 4.69) is 15.4 Å². The molecule has 0 atom stereocenters. The number of aromatic nitrogens is 3. The summed E-state index contributed by atoms with van der Waals surface area (Å²) in [7, 11) is 1.59. The molecular formula is C13H13F3N4O. The minimum atomic E-state index is -4.21. The van der Waals surface area contributed by atoms with E-state index in [1.54, 1.807) is 31.3 Å². The topological polar surface area (TPSA) is 59.8 Å². The Morgan fingerprint density at radius 1 is 1.29 bits per heavy atom. The van der Waals surface area contributed by atoms with Crippen LogP contribution in [0, 0.1) is 0 Å². The summed E-state index contributed by atoms with van der Waals surface area (Å²) in [6.45, 7) is -0.264. The van der Waals surface area contributed by atoms with Crippen LogP contribution in [-0.2, 0) is 7.05 Å². The number of aldehydes is 1. The van der Waals surface area contributed by atoms with Gasteiger partial charge in [0.1, 0.15) is 6.29 Å². The zero-order valence-electron chi connectivity index (χ0n) is 11.2. The van der Waals surface area contributed by atoms with Crippen LogP contribution < -0.4 is 5.32 Å². The molecule has 1 heterocycles. The zero-order valence-corrected chi connectivity index (χ0v) is 11.2. The van der Waals surface area contributed by atoms with Gasteiger partial charge in [0.05, 0.1) is 6.42 Å². The van der Waals surface area contributed by atoms with Crippen LogP contribution in [0.25, 0.3) is 11.4 Å². The average molecular weight is 298 g/mol. The van der Waals surface area contributed by atoms with Crippen molar-refractivity contribution in [1.29, 1.82) is 0 Å². The molecule has 0 aliphatic rings. The summed E-state index contributed by atoms with van der Waals surface area (Å²) in [5.41, 5.74) is 1.21. The molecule has 0 saturated heterocycles. The second-order valence-electron chi connectivity index (χ2n) is 4.41. The fourth-order valence-corrected chi connectivity index (χ4v) is 1.69. The summed E-state index contributed by atoms with van der Waals surface area (Å²) < 4.78 is 37.6. The number of halogens is 3. The molecule has 1 aromatic carbocycles. The molecule has 1 aromatic heterocycles. The number of nitrogens with one attached hydrogen (secondary N) is 1. The van der Waals surface area contributed by atoms with E-state index in [1.165, 1.54) is 4.68 Å². The van der Waals surface area contributed by atoms with Crippen molar-refractivity contribution in [1.82, 2.24) is 14.8 Å². The monoisotopic (exact) mass is 298 g/mol. The first-order valence-electron chi connectivity index (χ1n) is 6.16. The van der Waals surface area contributed by atoms with Gasteiger partial charge in [0.25, 0.3) is 0 Å². The molecule has 0 bridgehead atoms. The molecule has 0 fully saturated rings. The maximum atomic E-state index is 12.1. The minimum Gasteiger partial charge on any atom is -0.354 e. The van der Waals surface area contributed by atoms with Crippen LogP contribution in [0.1, 0.15) is 16.8 Å². The van der Waals surface area contributed by atoms with Gasteiger partial charge >= 0.3 is 6.18 Å². The quantitative estimate of drug-likeness (QED) is 0.862. The Bertz CT molecular complexity index is 619. The summed E-state index contributed by atoms with van der Waals surface area (Å²) in [6.07, 6.45) is -4.43. The average Bonchev–Trinajstić information content (AvgIpc) is 2.79. The molecule has 0 saturated carbocycles. The van der Waals surface area contributed by atoms with E-state index in [0.29, 0.717) is 17.0 Å². The number of aryl methyl sites for hydroxylation is 1. The lowest BCUT2D eigenvalue weighted by Crippen LogP contribution is -2.16. The minimum absolute atomic E-state index is 0.258. The molecule has 112 valence electrons. The maximum absolute atomic E-state index is 12.1. The number of carbonyl (C=O) groups excluding carboxylic acids is 1. The van der Waals surface area contributed by atoms with Gasteiger partial charge in [-0.15, -0.1) is 5.10 Å². The van der Waals surface area contributed by atoms with Crippen LogP contribution in [0.15, 0.2) is 24.3 Å². The molecule has 8 heteroatoms. The van der Waals surface area contributed by atoms with Gasteiger partial charge in [-0.1, -0.05) is 24.3 Å². The summed E-state index contributed by atoms with van der Waals surface area (Å²) in [6, 6.07) is 6.60. The van der Waals surface area contributed by atoms with Crippen LogP contribution >= 0.6 is 0 Å². The smallest absolute Gasteiger partial charge is 0.354 e. The Balaban J connectivity index is 2.09. The molecule has 0 aliphatic carbocycles. The fraction of sp³-hybridized carbons (Fsp3) is 0.308. The van der Waals surface area contributed by atoms with Gasteiger partial charge in [0.15, 0.2) is 5.82 Å². The van der Waals surface area contributed by atoms with E-state index in [-0.39, 0.29) is 12.5 Å². The maximum Gasteiger partial charge on any atom is 0.390 e. The highest BCUT2D eigenvalue weighted by molar-refractivity contribution is 5.76. The SMILES string of the molecule is Cn1nc(-c2ccc(C=O)cc2)nc1NCCC(F)(F)F. The van der Waals surface area contributed by atoms with Crippen LogP contribution in [0.3, 0.4) is 0 Å². The normalized spacial score (nSPS) is 11.4. The third-order valence-corrected chi connectivity index (χ3v) is 2.76. The van der Waals surface area contributed by atoms with Crippen molar-refractivity contribution in [2.45, 2.75) is 12.6 Å². The van der Waals surface area contributed by atoms with Gasteiger partial charge in [-0.3, -0.25) is 4.79 Å². The van der Waals surface area contributed by atoms with Crippen molar-refractivity contribution in [3.63, 3.8) is 0 Å². The Kier molecular flexibility index (Phi) is 4.25. The highest BCUT2D eigenvalue weighted by Gasteiger charge is 2.26. The van der Waals surface area contributed by atoms with Gasteiger partial charge in [-0.05, 0) is 0 Å². The lowest BCUT2D eigenvalue weighted by molar-refractivity contribution is -0.131. The second-order valence-corrected chi connectivity index (χ2v) is 4.41. The molecule has 1 N–H and O–H groups in total. The van der Waals surface area contributed by atoms with Crippen molar-refractivity contribution >= 4 is 12.2 Å². The van der Waals surface area contributed by atoms with E-state index in [4.69, 9.17) is 0 Å². The number of benzene rings is 1. The van der Waals surface area contributed by atoms with E-state index in [0.717, 1.165) is 6.29 Å². The van der Waals surface area contributed by atoms with E-state index in [1.807, 2.05) is 0 Å². The molecule has 0 amide bonds. The van der Waals surface area contributed by atoms with Crippen LogP contribution in [0.4, 0.5) is 19.1 Å². The van der Waals surface area contributed by atoms with Gasteiger partial charge in [0, 0.05) is 24.7 Å². The predicted molar refractivity (Wildman–Crippen MR) is 71.0 cm³/mol. The molecule has 2 rings (SSSR count). The van der Waals surface area contributed by atoms with Gasteiger partial charge in [0.2, 0.25) is 5.95 Å². The van der Waals surface area contributed by atoms with Crippen molar-refractivity contribution in [3.8, 4) is 11.4 Å². The first-order chi connectivity index (χ1) is 9.89. The summed E-state index contributed by atoms with van der Waals surface area (Å²) in [5, 5.41) is 6.72. The van der Waals surface area contributed by atoms with E-state index < -0.39 is 12.6 Å². The molecule has 0 unspecified atom stereocenters. The van der Waals surface area contributed by atoms with Crippen molar-refractivity contribution in [2.75, 3.05) is 11.9 Å². The molecule has 2 aromatic rings. The number of nitrogens with zero attached hydrogens (tertiary/aromatic N) is 3. The van der Waals surface area contributed by atoms with E-state index >= 15 is 0 Å². The summed E-state index contributed by atoms with van der Waals surface area (Å²) in [5.74, 6) is 0.637. The Hall–Kier alpha value is -2.38. The number of rotatable bonds is 5. The number of hydrogen-bond acceptors (Lipinski definition) is 4. The Labute approximate surface area is 118 Å². The van der Waals surface area contributed by atoms with Crippen LogP contribution in [0.5, 0.6) is 0 Å². The van der Waals surface area contributed by atoms with Gasteiger partial charge in [-0.2, -0.15) is 18.2 Å². The van der Waals surface area contributed by atoms with E-state index in [9.17, 15) is 18.0 Å². The van der Waals surface area contributed by atoms with Crippen molar-refractivity contribution < 1.29 is 18.0 Å². The first-order valence-corrected chi connectivity index (χ1v) is 6.16. The Morgan fingerprint density at radius 3 is 2.52 bits per heavy atom.